The van der Waals surface area contributed by atoms with Crippen molar-refractivity contribution in [3.63, 3.8) is 0 Å². The summed E-state index contributed by atoms with van der Waals surface area (Å²) in [5.74, 6) is 0.424. The summed E-state index contributed by atoms with van der Waals surface area (Å²) in [4.78, 5) is 3.84. The van der Waals surface area contributed by atoms with Crippen LogP contribution in [-0.4, -0.2) is 25.0 Å². The van der Waals surface area contributed by atoms with E-state index < -0.39 is 10.0 Å². The molecular formula is C9H12Cl2N2O2S. The molecule has 1 aromatic rings. The van der Waals surface area contributed by atoms with Gasteiger partial charge in [0.05, 0.1) is 10.8 Å². The minimum atomic E-state index is -3.40. The molecule has 0 aliphatic carbocycles. The molecule has 1 aromatic heterocycles. The molecule has 0 saturated carbocycles. The molecule has 0 radical (unpaired) electrons. The van der Waals surface area contributed by atoms with Crippen LogP contribution in [0.3, 0.4) is 0 Å². The Bertz CT molecular complexity index is 433. The van der Waals surface area contributed by atoms with Gasteiger partial charge in [-0.25, -0.2) is 13.4 Å². The summed E-state index contributed by atoms with van der Waals surface area (Å²) in [6.45, 7) is 1.77. The lowest BCUT2D eigenvalue weighted by atomic mass is 10.3. The van der Waals surface area contributed by atoms with Crippen LogP contribution in [0.5, 0.6) is 0 Å². The van der Waals surface area contributed by atoms with Crippen LogP contribution < -0.4 is 4.72 Å². The van der Waals surface area contributed by atoms with Gasteiger partial charge in [-0.2, -0.15) is 0 Å². The molecule has 7 heteroatoms. The largest absolute Gasteiger partial charge is 0.267 e. The third kappa shape index (κ3) is 4.55. The summed E-state index contributed by atoms with van der Waals surface area (Å²) >= 11 is 11.2. The standard InChI is InChI=1S/C9H12Cl2N2O2S/c1-7(4-10)6-16(14,15)13-9-3-2-8(11)5-12-9/h2-3,5,7H,4,6H2,1H3,(H,12,13). The Morgan fingerprint density at radius 2 is 2.19 bits per heavy atom. The van der Waals surface area contributed by atoms with Crippen molar-refractivity contribution in [3.8, 4) is 0 Å². The number of aromatic nitrogens is 1. The summed E-state index contributed by atoms with van der Waals surface area (Å²) in [6.07, 6.45) is 1.38. The Labute approximate surface area is 105 Å². The van der Waals surface area contributed by atoms with Gasteiger partial charge in [-0.05, 0) is 18.1 Å². The van der Waals surface area contributed by atoms with Crippen molar-refractivity contribution < 1.29 is 8.42 Å². The smallest absolute Gasteiger partial charge is 0.234 e. The molecule has 0 saturated heterocycles. The van der Waals surface area contributed by atoms with Gasteiger partial charge in [-0.3, -0.25) is 4.72 Å². The van der Waals surface area contributed by atoms with Crippen LogP contribution >= 0.6 is 23.2 Å². The zero-order chi connectivity index (χ0) is 12.2. The normalized spacial score (nSPS) is 13.4. The fourth-order valence-electron chi connectivity index (χ4n) is 1.06. The second kappa shape index (κ2) is 5.70. The van der Waals surface area contributed by atoms with Crippen molar-refractivity contribution in [2.75, 3.05) is 16.4 Å². The quantitative estimate of drug-likeness (QED) is 0.844. The van der Waals surface area contributed by atoms with E-state index in [0.29, 0.717) is 10.9 Å². The molecule has 1 N–H and O–H groups in total. The van der Waals surface area contributed by atoms with E-state index in [9.17, 15) is 8.42 Å². The maximum absolute atomic E-state index is 11.6. The molecule has 0 fully saturated rings. The molecule has 0 spiro atoms. The molecule has 1 heterocycles. The number of alkyl halides is 1. The van der Waals surface area contributed by atoms with Gasteiger partial charge in [0, 0.05) is 12.1 Å². The number of anilines is 1. The molecule has 0 aliphatic heterocycles. The first-order valence-corrected chi connectivity index (χ1v) is 7.17. The van der Waals surface area contributed by atoms with Crippen LogP contribution in [0.25, 0.3) is 0 Å². The zero-order valence-electron chi connectivity index (χ0n) is 8.65. The first-order valence-electron chi connectivity index (χ1n) is 4.61. The molecule has 4 nitrogen and oxygen atoms in total. The topological polar surface area (TPSA) is 59.1 Å². The SMILES string of the molecule is CC(CCl)CS(=O)(=O)Nc1ccc(Cl)cn1. The molecule has 1 unspecified atom stereocenters. The van der Waals surface area contributed by atoms with Gasteiger partial charge in [0.15, 0.2) is 0 Å². The summed E-state index contributed by atoms with van der Waals surface area (Å²) < 4.78 is 25.6. The van der Waals surface area contributed by atoms with E-state index in [-0.39, 0.29) is 17.5 Å². The second-order valence-corrected chi connectivity index (χ2v) is 6.02. The van der Waals surface area contributed by atoms with Crippen molar-refractivity contribution in [2.45, 2.75) is 6.92 Å². The van der Waals surface area contributed by atoms with Gasteiger partial charge in [0.2, 0.25) is 10.0 Å². The number of halogens is 2. The number of nitrogens with zero attached hydrogens (tertiary/aromatic N) is 1. The van der Waals surface area contributed by atoms with Crippen LogP contribution in [0.15, 0.2) is 18.3 Å². The summed E-state index contributed by atoms with van der Waals surface area (Å²) in [6, 6.07) is 3.07. The van der Waals surface area contributed by atoms with Gasteiger partial charge in [0.25, 0.3) is 0 Å². The van der Waals surface area contributed by atoms with Crippen molar-refractivity contribution in [1.82, 2.24) is 4.98 Å². The number of pyridine rings is 1. The van der Waals surface area contributed by atoms with E-state index in [0.717, 1.165) is 0 Å². The first kappa shape index (κ1) is 13.5. The van der Waals surface area contributed by atoms with E-state index in [1.165, 1.54) is 12.3 Å². The monoisotopic (exact) mass is 282 g/mol. The number of hydrogen-bond acceptors (Lipinski definition) is 3. The van der Waals surface area contributed by atoms with Crippen molar-refractivity contribution in [3.05, 3.63) is 23.4 Å². The molecule has 1 atom stereocenters. The van der Waals surface area contributed by atoms with Crippen molar-refractivity contribution in [1.29, 1.82) is 0 Å². The van der Waals surface area contributed by atoms with E-state index in [1.807, 2.05) is 0 Å². The average Bonchev–Trinajstić information content (AvgIpc) is 2.20. The van der Waals surface area contributed by atoms with Gasteiger partial charge in [-0.15, -0.1) is 11.6 Å². The lowest BCUT2D eigenvalue weighted by Crippen LogP contribution is -2.22. The average molecular weight is 283 g/mol. The van der Waals surface area contributed by atoms with Crippen LogP contribution in [0.4, 0.5) is 5.82 Å². The van der Waals surface area contributed by atoms with Gasteiger partial charge >= 0.3 is 0 Å². The second-order valence-electron chi connectivity index (χ2n) is 3.50. The molecular weight excluding hydrogens is 271 g/mol. The minimum absolute atomic E-state index is 0.0270. The van der Waals surface area contributed by atoms with Crippen molar-refractivity contribution in [2.24, 2.45) is 5.92 Å². The number of hydrogen-bond donors (Lipinski definition) is 1. The Hall–Kier alpha value is -0.520. The highest BCUT2D eigenvalue weighted by Crippen LogP contribution is 2.12. The third-order valence-corrected chi connectivity index (χ3v) is 4.03. The molecule has 0 amide bonds. The maximum Gasteiger partial charge on any atom is 0.234 e. The number of rotatable bonds is 5. The first-order chi connectivity index (χ1) is 7.43. The lowest BCUT2D eigenvalue weighted by Gasteiger charge is -2.10. The van der Waals surface area contributed by atoms with E-state index in [4.69, 9.17) is 23.2 Å². The molecule has 0 bridgehead atoms. The highest BCUT2D eigenvalue weighted by molar-refractivity contribution is 7.92. The van der Waals surface area contributed by atoms with Crippen molar-refractivity contribution >= 4 is 39.0 Å². The molecule has 0 aliphatic rings. The molecule has 90 valence electrons. The fraction of sp³-hybridized carbons (Fsp3) is 0.444. The van der Waals surface area contributed by atoms with Crippen LogP contribution in [0.2, 0.25) is 5.02 Å². The lowest BCUT2D eigenvalue weighted by molar-refractivity contribution is 0.588. The van der Waals surface area contributed by atoms with Gasteiger partial charge in [-0.1, -0.05) is 18.5 Å². The summed E-state index contributed by atoms with van der Waals surface area (Å²) in [5.41, 5.74) is 0. The Morgan fingerprint density at radius 3 is 2.69 bits per heavy atom. The van der Waals surface area contributed by atoms with Crippen LogP contribution in [-0.2, 0) is 10.0 Å². The molecule has 0 aromatic carbocycles. The molecule has 1 rings (SSSR count). The zero-order valence-corrected chi connectivity index (χ0v) is 11.0. The predicted octanol–water partition coefficient (Wildman–Crippen LogP) is 2.35. The fourth-order valence-corrected chi connectivity index (χ4v) is 2.80. The number of sulfonamides is 1. The highest BCUT2D eigenvalue weighted by Gasteiger charge is 2.15. The van der Waals surface area contributed by atoms with Crippen LogP contribution in [0, 0.1) is 5.92 Å². The van der Waals surface area contributed by atoms with Crippen LogP contribution in [0.1, 0.15) is 6.92 Å². The maximum atomic E-state index is 11.6. The van der Waals surface area contributed by atoms with Gasteiger partial charge in [0.1, 0.15) is 5.82 Å². The Balaban J connectivity index is 2.69. The molecule has 16 heavy (non-hydrogen) atoms. The Kier molecular flexibility index (Phi) is 4.83. The summed E-state index contributed by atoms with van der Waals surface area (Å²) in [5, 5.41) is 0.456. The van der Waals surface area contributed by atoms with E-state index in [1.54, 1.807) is 13.0 Å². The van der Waals surface area contributed by atoms with E-state index in [2.05, 4.69) is 9.71 Å². The predicted molar refractivity (Wildman–Crippen MR) is 66.5 cm³/mol. The minimum Gasteiger partial charge on any atom is -0.267 e. The highest BCUT2D eigenvalue weighted by atomic mass is 35.5. The van der Waals surface area contributed by atoms with E-state index >= 15 is 0 Å². The number of nitrogens with one attached hydrogen (secondary N) is 1. The Morgan fingerprint density at radius 1 is 1.50 bits per heavy atom. The third-order valence-electron chi connectivity index (χ3n) is 1.75. The van der Waals surface area contributed by atoms with Gasteiger partial charge < -0.3 is 0 Å². The summed E-state index contributed by atoms with van der Waals surface area (Å²) in [7, 11) is -3.40.